The van der Waals surface area contributed by atoms with Crippen molar-refractivity contribution in [3.63, 3.8) is 0 Å². The Bertz CT molecular complexity index is 523. The zero-order valence-corrected chi connectivity index (χ0v) is 16.6. The number of hydrogen-bond acceptors (Lipinski definition) is 3. The van der Waals surface area contributed by atoms with Crippen LogP contribution in [0.25, 0.3) is 0 Å². The van der Waals surface area contributed by atoms with Gasteiger partial charge in [-0.05, 0) is 29.9 Å². The van der Waals surface area contributed by atoms with Crippen molar-refractivity contribution < 1.29 is 9.52 Å². The standard InChI is InChI=1S/C16H27N3O2.HI/c1-10-7-8-12(21-10)11(20)9-18-14(17-6)19-13-15(2,3)16(13,4)5;/h7-8,11,13,20H,9H2,1-6H3,(H2,17,18,19);1H. The molecular weight excluding hydrogens is 393 g/mol. The van der Waals surface area contributed by atoms with E-state index < -0.39 is 6.10 Å². The molecule has 0 amide bonds. The number of aliphatic hydroxyl groups is 1. The van der Waals surface area contributed by atoms with Crippen LogP contribution in [0.5, 0.6) is 0 Å². The molecule has 126 valence electrons. The first kappa shape index (κ1) is 19.3. The Morgan fingerprint density at radius 1 is 1.32 bits per heavy atom. The van der Waals surface area contributed by atoms with Crippen molar-refractivity contribution in [3.05, 3.63) is 23.7 Å². The molecule has 22 heavy (non-hydrogen) atoms. The third-order valence-corrected chi connectivity index (χ3v) is 5.08. The van der Waals surface area contributed by atoms with E-state index >= 15 is 0 Å². The van der Waals surface area contributed by atoms with Crippen molar-refractivity contribution in [1.29, 1.82) is 0 Å². The number of furan rings is 1. The Morgan fingerprint density at radius 3 is 2.32 bits per heavy atom. The monoisotopic (exact) mass is 421 g/mol. The van der Waals surface area contributed by atoms with E-state index in [0.717, 1.165) is 5.76 Å². The summed E-state index contributed by atoms with van der Waals surface area (Å²) in [6.45, 7) is 11.2. The molecule has 0 aromatic carbocycles. The van der Waals surface area contributed by atoms with Gasteiger partial charge in [0.25, 0.3) is 0 Å². The third-order valence-electron chi connectivity index (χ3n) is 5.08. The lowest BCUT2D eigenvalue weighted by Gasteiger charge is -2.15. The van der Waals surface area contributed by atoms with E-state index in [0.29, 0.717) is 24.3 Å². The lowest BCUT2D eigenvalue weighted by Crippen LogP contribution is -2.42. The number of nitrogens with one attached hydrogen (secondary N) is 2. The fourth-order valence-electron chi connectivity index (χ4n) is 2.82. The van der Waals surface area contributed by atoms with E-state index in [-0.39, 0.29) is 34.8 Å². The molecule has 0 aliphatic heterocycles. The van der Waals surface area contributed by atoms with Crippen molar-refractivity contribution in [2.75, 3.05) is 13.6 Å². The fourth-order valence-corrected chi connectivity index (χ4v) is 2.82. The quantitative estimate of drug-likeness (QED) is 0.397. The van der Waals surface area contributed by atoms with E-state index in [4.69, 9.17) is 4.42 Å². The fraction of sp³-hybridized carbons (Fsp3) is 0.688. The molecule has 0 bridgehead atoms. The molecule has 1 aliphatic rings. The average molecular weight is 421 g/mol. The van der Waals surface area contributed by atoms with Crippen LogP contribution in [0.15, 0.2) is 21.5 Å². The molecule has 3 N–H and O–H groups in total. The van der Waals surface area contributed by atoms with Crippen LogP contribution in [0.3, 0.4) is 0 Å². The predicted molar refractivity (Wildman–Crippen MR) is 99.7 cm³/mol. The molecule has 6 heteroatoms. The normalized spacial score (nSPS) is 21.0. The lowest BCUT2D eigenvalue weighted by atomic mass is 10.0. The molecule has 1 aromatic heterocycles. The number of hydrogen-bond donors (Lipinski definition) is 3. The second-order valence-corrected chi connectivity index (χ2v) is 6.94. The first-order valence-electron chi connectivity index (χ1n) is 7.41. The Balaban J connectivity index is 0.00000242. The van der Waals surface area contributed by atoms with E-state index in [1.807, 2.05) is 13.0 Å². The highest BCUT2D eigenvalue weighted by Gasteiger charge is 2.65. The molecule has 5 nitrogen and oxygen atoms in total. The smallest absolute Gasteiger partial charge is 0.191 e. The summed E-state index contributed by atoms with van der Waals surface area (Å²) in [6.07, 6.45) is -0.683. The molecule has 1 saturated carbocycles. The summed E-state index contributed by atoms with van der Waals surface area (Å²) in [5.41, 5.74) is 0.475. The number of nitrogens with zero attached hydrogens (tertiary/aromatic N) is 1. The number of rotatable bonds is 4. The third kappa shape index (κ3) is 3.59. The summed E-state index contributed by atoms with van der Waals surface area (Å²) >= 11 is 0. The SMILES string of the molecule is CN=C(NCC(O)c1ccc(C)o1)NC1C(C)(C)C1(C)C.I. The number of aliphatic hydroxyl groups excluding tert-OH is 1. The summed E-state index contributed by atoms with van der Waals surface area (Å²) in [5, 5.41) is 16.7. The van der Waals surface area contributed by atoms with Crippen LogP contribution in [0.1, 0.15) is 45.3 Å². The van der Waals surface area contributed by atoms with E-state index in [2.05, 4.69) is 43.3 Å². The lowest BCUT2D eigenvalue weighted by molar-refractivity contribution is 0.151. The van der Waals surface area contributed by atoms with E-state index in [1.165, 1.54) is 0 Å². The van der Waals surface area contributed by atoms with Gasteiger partial charge in [0.15, 0.2) is 5.96 Å². The molecule has 2 rings (SSSR count). The Kier molecular flexibility index (Phi) is 5.94. The Hall–Kier alpha value is -0.760. The molecule has 1 aliphatic carbocycles. The van der Waals surface area contributed by atoms with Crippen LogP contribution in [-0.2, 0) is 0 Å². The first-order valence-corrected chi connectivity index (χ1v) is 7.41. The highest BCUT2D eigenvalue weighted by Crippen LogP contribution is 2.62. The number of guanidine groups is 1. The highest BCUT2D eigenvalue weighted by atomic mass is 127. The topological polar surface area (TPSA) is 69.8 Å². The number of aryl methyl sites for hydroxylation is 1. The van der Waals surface area contributed by atoms with Crippen molar-refractivity contribution in [1.82, 2.24) is 10.6 Å². The molecule has 1 heterocycles. The minimum atomic E-state index is -0.683. The zero-order valence-electron chi connectivity index (χ0n) is 14.2. The molecule has 0 saturated heterocycles. The number of halogens is 1. The molecular formula is C16H28IN3O2. The maximum Gasteiger partial charge on any atom is 0.191 e. The van der Waals surface area contributed by atoms with Gasteiger partial charge in [-0.25, -0.2) is 0 Å². The molecule has 0 radical (unpaired) electrons. The van der Waals surface area contributed by atoms with Gasteiger partial charge in [0, 0.05) is 13.1 Å². The summed E-state index contributed by atoms with van der Waals surface area (Å²) in [4.78, 5) is 4.22. The van der Waals surface area contributed by atoms with Gasteiger partial charge in [0.2, 0.25) is 0 Å². The van der Waals surface area contributed by atoms with E-state index in [1.54, 1.807) is 13.1 Å². The van der Waals surface area contributed by atoms with Crippen molar-refractivity contribution in [2.24, 2.45) is 15.8 Å². The van der Waals surface area contributed by atoms with Gasteiger partial charge in [-0.3, -0.25) is 4.99 Å². The van der Waals surface area contributed by atoms with Crippen molar-refractivity contribution in [2.45, 2.75) is 46.8 Å². The summed E-state index contributed by atoms with van der Waals surface area (Å²) in [7, 11) is 1.74. The minimum Gasteiger partial charge on any atom is -0.464 e. The molecule has 1 fully saturated rings. The largest absolute Gasteiger partial charge is 0.464 e. The molecule has 0 spiro atoms. The molecule has 1 unspecified atom stereocenters. The van der Waals surface area contributed by atoms with E-state index in [9.17, 15) is 5.11 Å². The highest BCUT2D eigenvalue weighted by molar-refractivity contribution is 14.0. The summed E-state index contributed by atoms with van der Waals surface area (Å²) in [6, 6.07) is 4.02. The molecule has 1 atom stereocenters. The maximum atomic E-state index is 10.1. The predicted octanol–water partition coefficient (Wildman–Crippen LogP) is 2.84. The number of aliphatic imine (C=N–C) groups is 1. The van der Waals surface area contributed by atoms with Gasteiger partial charge in [0.05, 0.1) is 6.54 Å². The second-order valence-electron chi connectivity index (χ2n) is 6.94. The van der Waals surface area contributed by atoms with Crippen LogP contribution >= 0.6 is 24.0 Å². The Morgan fingerprint density at radius 2 is 1.91 bits per heavy atom. The van der Waals surface area contributed by atoms with Crippen LogP contribution in [0.4, 0.5) is 0 Å². The maximum absolute atomic E-state index is 10.1. The van der Waals surface area contributed by atoms with Gasteiger partial charge in [0.1, 0.15) is 17.6 Å². The van der Waals surface area contributed by atoms with Crippen LogP contribution in [0.2, 0.25) is 0 Å². The second kappa shape index (κ2) is 6.78. The first-order chi connectivity index (χ1) is 9.70. The average Bonchev–Trinajstić information content (AvgIpc) is 2.74. The van der Waals surface area contributed by atoms with Crippen LogP contribution in [-0.4, -0.2) is 30.7 Å². The van der Waals surface area contributed by atoms with Gasteiger partial charge in [-0.15, -0.1) is 24.0 Å². The van der Waals surface area contributed by atoms with Gasteiger partial charge in [-0.1, -0.05) is 27.7 Å². The van der Waals surface area contributed by atoms with Crippen molar-refractivity contribution in [3.8, 4) is 0 Å². The minimum absolute atomic E-state index is 0. The van der Waals surface area contributed by atoms with Crippen LogP contribution < -0.4 is 10.6 Å². The molecule has 1 aromatic rings. The van der Waals surface area contributed by atoms with Gasteiger partial charge < -0.3 is 20.2 Å². The van der Waals surface area contributed by atoms with Crippen LogP contribution in [0, 0.1) is 17.8 Å². The van der Waals surface area contributed by atoms with Gasteiger partial charge >= 0.3 is 0 Å². The summed E-state index contributed by atoms with van der Waals surface area (Å²) in [5.74, 6) is 2.08. The zero-order chi connectivity index (χ0) is 15.8. The Labute approximate surface area is 150 Å². The summed E-state index contributed by atoms with van der Waals surface area (Å²) < 4.78 is 5.42. The van der Waals surface area contributed by atoms with Gasteiger partial charge in [-0.2, -0.15) is 0 Å². The van der Waals surface area contributed by atoms with Crippen molar-refractivity contribution >= 4 is 29.9 Å².